The van der Waals surface area contributed by atoms with Crippen LogP contribution in [-0.4, -0.2) is 81.1 Å². The van der Waals surface area contributed by atoms with Gasteiger partial charge >= 0.3 is 5.97 Å². The van der Waals surface area contributed by atoms with Crippen LogP contribution in [0.1, 0.15) is 19.5 Å². The molecule has 2 rings (SSSR count). The molecule has 0 aliphatic carbocycles. The number of carbonyl (C=O) groups is 1. The van der Waals surface area contributed by atoms with E-state index in [-0.39, 0.29) is 17.6 Å². The number of aliphatic imine (C=N–C) groups is 1. The van der Waals surface area contributed by atoms with Crippen molar-refractivity contribution in [2.24, 2.45) is 10.9 Å². The molecule has 1 aromatic rings. The molecular formula is C16H27N5O5S. The minimum atomic E-state index is -3.45. The van der Waals surface area contributed by atoms with Crippen molar-refractivity contribution in [1.29, 1.82) is 0 Å². The van der Waals surface area contributed by atoms with Crippen LogP contribution in [0.2, 0.25) is 0 Å². The molecule has 1 aliphatic rings. The number of rotatable bonds is 7. The van der Waals surface area contributed by atoms with Gasteiger partial charge in [-0.15, -0.1) is 0 Å². The number of aromatic nitrogens is 1. The highest BCUT2D eigenvalue weighted by Gasteiger charge is 2.29. The Balaban J connectivity index is 1.95. The molecule has 1 fully saturated rings. The molecule has 0 radical (unpaired) electrons. The van der Waals surface area contributed by atoms with Gasteiger partial charge in [0.05, 0.1) is 25.3 Å². The Morgan fingerprint density at radius 2 is 2.11 bits per heavy atom. The summed E-state index contributed by atoms with van der Waals surface area (Å²) in [7, 11) is -2.09. The molecule has 11 heteroatoms. The zero-order chi connectivity index (χ0) is 19.9. The van der Waals surface area contributed by atoms with Crippen molar-refractivity contribution >= 4 is 22.0 Å². The average molecular weight is 401 g/mol. The molecule has 27 heavy (non-hydrogen) atoms. The standard InChI is InChI=1S/C16H27N5O5S/c1-4-17-16(18-11-13(2)15(22)25-3)20-6-8-21(9-7-20)27(23,24)12-14-5-10-26-19-14/h5,10,13H,4,6-9,11-12H2,1-3H3,(H,17,18). The maximum Gasteiger partial charge on any atom is 0.310 e. The lowest BCUT2D eigenvalue weighted by molar-refractivity contribution is -0.144. The first kappa shape index (κ1) is 21.2. The summed E-state index contributed by atoms with van der Waals surface area (Å²) < 4.78 is 35.9. The van der Waals surface area contributed by atoms with Crippen molar-refractivity contribution < 1.29 is 22.5 Å². The molecule has 1 atom stereocenters. The van der Waals surface area contributed by atoms with Crippen LogP contribution < -0.4 is 5.32 Å². The number of carbonyl (C=O) groups excluding carboxylic acids is 1. The minimum absolute atomic E-state index is 0.172. The lowest BCUT2D eigenvalue weighted by atomic mass is 10.2. The molecule has 0 bridgehead atoms. The first-order chi connectivity index (χ1) is 12.9. The third-order valence-electron chi connectivity index (χ3n) is 4.21. The summed E-state index contributed by atoms with van der Waals surface area (Å²) in [5.74, 6) is -0.151. The number of hydrogen-bond donors (Lipinski definition) is 1. The van der Waals surface area contributed by atoms with Crippen LogP contribution in [-0.2, 0) is 25.3 Å². The fraction of sp³-hybridized carbons (Fsp3) is 0.688. The Hall–Kier alpha value is -2.14. The summed E-state index contributed by atoms with van der Waals surface area (Å²) in [5.41, 5.74) is 0.393. The summed E-state index contributed by atoms with van der Waals surface area (Å²) >= 11 is 0. The molecule has 152 valence electrons. The average Bonchev–Trinajstić information content (AvgIpc) is 3.16. The van der Waals surface area contributed by atoms with E-state index >= 15 is 0 Å². The smallest absolute Gasteiger partial charge is 0.310 e. The van der Waals surface area contributed by atoms with Gasteiger partial charge in [0, 0.05) is 38.8 Å². The normalized spacial score (nSPS) is 17.6. The first-order valence-electron chi connectivity index (χ1n) is 8.85. The van der Waals surface area contributed by atoms with E-state index in [1.807, 2.05) is 11.8 Å². The van der Waals surface area contributed by atoms with Gasteiger partial charge < -0.3 is 19.5 Å². The third kappa shape index (κ3) is 5.93. The van der Waals surface area contributed by atoms with Crippen LogP contribution in [0.4, 0.5) is 0 Å². The van der Waals surface area contributed by atoms with E-state index in [0.717, 1.165) is 0 Å². The van der Waals surface area contributed by atoms with E-state index in [4.69, 9.17) is 9.26 Å². The number of ether oxygens (including phenoxy) is 1. The van der Waals surface area contributed by atoms with E-state index < -0.39 is 10.0 Å². The minimum Gasteiger partial charge on any atom is -0.469 e. The van der Waals surface area contributed by atoms with Crippen LogP contribution in [0, 0.1) is 5.92 Å². The number of methoxy groups -OCH3 is 1. The fourth-order valence-corrected chi connectivity index (χ4v) is 4.12. The SMILES string of the molecule is CCNC(=NCC(C)C(=O)OC)N1CCN(S(=O)(=O)Cc2ccon2)CC1. The van der Waals surface area contributed by atoms with E-state index in [1.165, 1.54) is 17.7 Å². The Morgan fingerprint density at radius 3 is 2.67 bits per heavy atom. The second kappa shape index (κ2) is 9.70. The predicted octanol–water partition coefficient (Wildman–Crippen LogP) is -0.103. The van der Waals surface area contributed by atoms with Crippen molar-refractivity contribution in [3.63, 3.8) is 0 Å². The summed E-state index contributed by atoms with van der Waals surface area (Å²) in [6, 6.07) is 1.55. The molecule has 1 N–H and O–H groups in total. The second-order valence-corrected chi connectivity index (χ2v) is 8.22. The number of piperazine rings is 1. The Morgan fingerprint density at radius 1 is 1.41 bits per heavy atom. The molecule has 1 aromatic heterocycles. The second-order valence-electron chi connectivity index (χ2n) is 6.25. The lowest BCUT2D eigenvalue weighted by Gasteiger charge is -2.35. The molecular weight excluding hydrogens is 374 g/mol. The number of esters is 1. The Labute approximate surface area is 159 Å². The molecule has 1 aliphatic heterocycles. The largest absolute Gasteiger partial charge is 0.469 e. The van der Waals surface area contributed by atoms with Gasteiger partial charge in [-0.2, -0.15) is 4.31 Å². The summed E-state index contributed by atoms with van der Waals surface area (Å²) in [6.45, 7) is 6.43. The monoisotopic (exact) mass is 401 g/mol. The predicted molar refractivity (Wildman–Crippen MR) is 99.4 cm³/mol. The summed E-state index contributed by atoms with van der Waals surface area (Å²) in [4.78, 5) is 18.0. The molecule has 0 amide bonds. The molecule has 1 saturated heterocycles. The van der Waals surface area contributed by atoms with E-state index in [0.29, 0.717) is 50.9 Å². The summed E-state index contributed by atoms with van der Waals surface area (Å²) in [5, 5.41) is 6.86. The van der Waals surface area contributed by atoms with Crippen LogP contribution >= 0.6 is 0 Å². The van der Waals surface area contributed by atoms with Crippen LogP contribution in [0.25, 0.3) is 0 Å². The van der Waals surface area contributed by atoms with Crippen molar-refractivity contribution in [2.45, 2.75) is 19.6 Å². The van der Waals surface area contributed by atoms with Crippen LogP contribution in [0.15, 0.2) is 21.8 Å². The van der Waals surface area contributed by atoms with Crippen molar-refractivity contribution in [2.75, 3.05) is 46.4 Å². The van der Waals surface area contributed by atoms with Gasteiger partial charge in [0.25, 0.3) is 0 Å². The highest BCUT2D eigenvalue weighted by atomic mass is 32.2. The number of nitrogens with one attached hydrogen (secondary N) is 1. The Kier molecular flexibility index (Phi) is 7.60. The number of sulfonamides is 1. The van der Waals surface area contributed by atoms with Gasteiger partial charge in [-0.1, -0.05) is 12.1 Å². The molecule has 10 nitrogen and oxygen atoms in total. The lowest BCUT2D eigenvalue weighted by Crippen LogP contribution is -2.54. The zero-order valence-electron chi connectivity index (χ0n) is 15.9. The highest BCUT2D eigenvalue weighted by Crippen LogP contribution is 2.13. The molecule has 2 heterocycles. The first-order valence-corrected chi connectivity index (χ1v) is 10.5. The molecule has 1 unspecified atom stereocenters. The van der Waals surface area contributed by atoms with E-state index in [2.05, 4.69) is 15.5 Å². The number of hydrogen-bond acceptors (Lipinski definition) is 7. The number of nitrogens with zero attached hydrogens (tertiary/aromatic N) is 4. The van der Waals surface area contributed by atoms with Gasteiger partial charge in [-0.05, 0) is 6.92 Å². The van der Waals surface area contributed by atoms with Gasteiger partial charge in [-0.3, -0.25) is 9.79 Å². The summed E-state index contributed by atoms with van der Waals surface area (Å²) in [6.07, 6.45) is 1.36. The van der Waals surface area contributed by atoms with Gasteiger partial charge in [0.2, 0.25) is 10.0 Å². The fourth-order valence-electron chi connectivity index (χ4n) is 2.69. The topological polar surface area (TPSA) is 117 Å². The maximum atomic E-state index is 12.5. The Bertz CT molecular complexity index is 726. The zero-order valence-corrected chi connectivity index (χ0v) is 16.7. The number of guanidine groups is 1. The molecule has 0 spiro atoms. The highest BCUT2D eigenvalue weighted by molar-refractivity contribution is 7.88. The van der Waals surface area contributed by atoms with Crippen LogP contribution in [0.3, 0.4) is 0 Å². The van der Waals surface area contributed by atoms with E-state index in [9.17, 15) is 13.2 Å². The maximum absolute atomic E-state index is 12.5. The van der Waals surface area contributed by atoms with E-state index in [1.54, 1.807) is 13.0 Å². The van der Waals surface area contributed by atoms with Gasteiger partial charge in [0.1, 0.15) is 12.0 Å². The van der Waals surface area contributed by atoms with Gasteiger partial charge in [-0.25, -0.2) is 8.42 Å². The van der Waals surface area contributed by atoms with Crippen molar-refractivity contribution in [3.05, 3.63) is 18.0 Å². The third-order valence-corrected chi connectivity index (χ3v) is 6.02. The van der Waals surface area contributed by atoms with Gasteiger partial charge in [0.15, 0.2) is 5.96 Å². The van der Waals surface area contributed by atoms with Crippen molar-refractivity contribution in [1.82, 2.24) is 19.7 Å². The molecule has 0 saturated carbocycles. The molecule has 0 aromatic carbocycles. The quantitative estimate of drug-likeness (QED) is 0.382. The van der Waals surface area contributed by atoms with Crippen molar-refractivity contribution in [3.8, 4) is 0 Å². The van der Waals surface area contributed by atoms with Crippen LogP contribution in [0.5, 0.6) is 0 Å².